The number of rotatable bonds is 8. The van der Waals surface area contributed by atoms with Gasteiger partial charge in [0.2, 0.25) is 0 Å². The molecule has 0 aromatic heterocycles. The summed E-state index contributed by atoms with van der Waals surface area (Å²) in [6.45, 7) is 6.09. The van der Waals surface area contributed by atoms with Crippen molar-refractivity contribution in [1.82, 2.24) is 0 Å². The zero-order chi connectivity index (χ0) is 13.5. The molecule has 0 saturated heterocycles. The Morgan fingerprint density at radius 2 is 2.00 bits per heavy atom. The largest absolute Gasteiger partial charge is 0.480 e. The number of nitrogens with two attached hydrogens (primary N) is 1. The van der Waals surface area contributed by atoms with Crippen LogP contribution < -0.4 is 5.73 Å². The minimum Gasteiger partial charge on any atom is -0.480 e. The summed E-state index contributed by atoms with van der Waals surface area (Å²) in [6, 6.07) is -0.840. The Kier molecular flexibility index (Phi) is 6.80. The standard InChI is InChI=1S/C12H23NO4/c1-4-17-10(14)6-5-7-12(2,3)8-9(13)11(15)16/h9H,4-8,13H2,1-3H3,(H,15,16)/t9-/m0/s1. The van der Waals surface area contributed by atoms with Gasteiger partial charge in [-0.25, -0.2) is 0 Å². The van der Waals surface area contributed by atoms with E-state index < -0.39 is 12.0 Å². The van der Waals surface area contributed by atoms with E-state index in [2.05, 4.69) is 0 Å². The van der Waals surface area contributed by atoms with Crippen molar-refractivity contribution < 1.29 is 19.4 Å². The van der Waals surface area contributed by atoms with E-state index in [-0.39, 0.29) is 11.4 Å². The molecule has 0 heterocycles. The highest BCUT2D eigenvalue weighted by Crippen LogP contribution is 2.28. The molecule has 1 atom stereocenters. The molecule has 0 aromatic rings. The average molecular weight is 245 g/mol. The fourth-order valence-corrected chi connectivity index (χ4v) is 1.73. The topological polar surface area (TPSA) is 89.6 Å². The molecular weight excluding hydrogens is 222 g/mol. The van der Waals surface area contributed by atoms with Crippen LogP contribution in [0.15, 0.2) is 0 Å². The Morgan fingerprint density at radius 3 is 2.47 bits per heavy atom. The summed E-state index contributed by atoms with van der Waals surface area (Å²) < 4.78 is 4.82. The maximum atomic E-state index is 11.1. The molecule has 0 aliphatic heterocycles. The Hall–Kier alpha value is -1.10. The van der Waals surface area contributed by atoms with Gasteiger partial charge in [0.25, 0.3) is 0 Å². The van der Waals surface area contributed by atoms with E-state index in [0.717, 1.165) is 6.42 Å². The smallest absolute Gasteiger partial charge is 0.320 e. The van der Waals surface area contributed by atoms with Crippen molar-refractivity contribution in [3.05, 3.63) is 0 Å². The van der Waals surface area contributed by atoms with E-state index in [9.17, 15) is 9.59 Å². The van der Waals surface area contributed by atoms with Crippen LogP contribution in [0, 0.1) is 5.41 Å². The van der Waals surface area contributed by atoms with Gasteiger partial charge in [0.05, 0.1) is 6.61 Å². The lowest BCUT2D eigenvalue weighted by atomic mass is 9.81. The molecule has 0 aromatic carbocycles. The van der Waals surface area contributed by atoms with Crippen molar-refractivity contribution in [3.63, 3.8) is 0 Å². The van der Waals surface area contributed by atoms with Crippen LogP contribution in [0.1, 0.15) is 46.5 Å². The van der Waals surface area contributed by atoms with Crippen LogP contribution in [0.4, 0.5) is 0 Å². The molecule has 0 aliphatic rings. The Morgan fingerprint density at radius 1 is 1.41 bits per heavy atom. The van der Waals surface area contributed by atoms with Gasteiger partial charge in [-0.3, -0.25) is 9.59 Å². The van der Waals surface area contributed by atoms with Gasteiger partial charge >= 0.3 is 11.9 Å². The minimum atomic E-state index is -0.983. The van der Waals surface area contributed by atoms with Gasteiger partial charge in [0, 0.05) is 6.42 Å². The third-order valence-electron chi connectivity index (χ3n) is 2.63. The fourth-order valence-electron chi connectivity index (χ4n) is 1.73. The molecule has 0 spiro atoms. The highest BCUT2D eigenvalue weighted by Gasteiger charge is 2.25. The second-order valence-corrected chi connectivity index (χ2v) is 4.97. The van der Waals surface area contributed by atoms with Crippen molar-refractivity contribution in [2.24, 2.45) is 11.1 Å². The van der Waals surface area contributed by atoms with Crippen LogP contribution in [-0.2, 0) is 14.3 Å². The number of carbonyl (C=O) groups is 2. The highest BCUT2D eigenvalue weighted by molar-refractivity contribution is 5.73. The second kappa shape index (κ2) is 7.27. The van der Waals surface area contributed by atoms with Crippen LogP contribution >= 0.6 is 0 Å². The van der Waals surface area contributed by atoms with Crippen molar-refractivity contribution >= 4 is 11.9 Å². The first-order valence-electron chi connectivity index (χ1n) is 5.92. The van der Waals surface area contributed by atoms with E-state index >= 15 is 0 Å². The number of hydrogen-bond acceptors (Lipinski definition) is 4. The normalized spacial score (nSPS) is 13.2. The van der Waals surface area contributed by atoms with Crippen molar-refractivity contribution in [1.29, 1.82) is 0 Å². The molecule has 0 saturated carbocycles. The molecule has 0 rings (SSSR count). The molecule has 100 valence electrons. The molecular formula is C12H23NO4. The number of carboxylic acids is 1. The number of carbonyl (C=O) groups excluding carboxylic acids is 1. The monoisotopic (exact) mass is 245 g/mol. The third kappa shape index (κ3) is 7.74. The first kappa shape index (κ1) is 15.9. The van der Waals surface area contributed by atoms with Crippen molar-refractivity contribution in [2.45, 2.75) is 52.5 Å². The number of hydrogen-bond donors (Lipinski definition) is 2. The van der Waals surface area contributed by atoms with E-state index in [1.165, 1.54) is 0 Å². The summed E-state index contributed by atoms with van der Waals surface area (Å²) >= 11 is 0. The molecule has 0 amide bonds. The van der Waals surface area contributed by atoms with E-state index in [1.807, 2.05) is 13.8 Å². The molecule has 5 nitrogen and oxygen atoms in total. The second-order valence-electron chi connectivity index (χ2n) is 4.97. The van der Waals surface area contributed by atoms with Crippen molar-refractivity contribution in [3.8, 4) is 0 Å². The first-order valence-corrected chi connectivity index (χ1v) is 5.92. The van der Waals surface area contributed by atoms with Crippen LogP contribution in [0.3, 0.4) is 0 Å². The van der Waals surface area contributed by atoms with E-state index in [0.29, 0.717) is 25.9 Å². The van der Waals surface area contributed by atoms with Gasteiger partial charge in [-0.15, -0.1) is 0 Å². The SMILES string of the molecule is CCOC(=O)CCCC(C)(C)C[C@H](N)C(=O)O. The Bertz CT molecular complexity index is 263. The van der Waals surface area contributed by atoms with Gasteiger partial charge in [-0.2, -0.15) is 0 Å². The Balaban J connectivity index is 3.93. The number of aliphatic carboxylic acids is 1. The molecule has 0 aliphatic carbocycles. The number of ether oxygens (including phenoxy) is 1. The van der Waals surface area contributed by atoms with Gasteiger partial charge in [-0.1, -0.05) is 13.8 Å². The summed E-state index contributed by atoms with van der Waals surface area (Å²) in [4.78, 5) is 21.8. The zero-order valence-electron chi connectivity index (χ0n) is 10.9. The summed E-state index contributed by atoms with van der Waals surface area (Å²) in [5.74, 6) is -1.19. The summed E-state index contributed by atoms with van der Waals surface area (Å²) in [5.41, 5.74) is 5.31. The first-order chi connectivity index (χ1) is 7.78. The molecule has 0 bridgehead atoms. The van der Waals surface area contributed by atoms with Gasteiger partial charge < -0.3 is 15.6 Å². The molecule has 0 unspecified atom stereocenters. The lowest BCUT2D eigenvalue weighted by Crippen LogP contribution is -2.35. The van der Waals surface area contributed by atoms with Gasteiger partial charge in [0.15, 0.2) is 0 Å². The van der Waals surface area contributed by atoms with Crippen LogP contribution in [0.2, 0.25) is 0 Å². The lowest BCUT2D eigenvalue weighted by Gasteiger charge is -2.26. The highest BCUT2D eigenvalue weighted by atomic mass is 16.5. The van der Waals surface area contributed by atoms with E-state index in [1.54, 1.807) is 6.92 Å². The molecule has 0 radical (unpaired) electrons. The number of carboxylic acid groups (broad SMARTS) is 1. The predicted molar refractivity (Wildman–Crippen MR) is 64.5 cm³/mol. The molecule has 17 heavy (non-hydrogen) atoms. The average Bonchev–Trinajstić information content (AvgIpc) is 2.16. The maximum Gasteiger partial charge on any atom is 0.320 e. The number of esters is 1. The summed E-state index contributed by atoms with van der Waals surface area (Å²) in [7, 11) is 0. The Labute approximate surface area is 102 Å². The molecule has 0 fully saturated rings. The van der Waals surface area contributed by atoms with Gasteiger partial charge in [-0.05, 0) is 31.6 Å². The minimum absolute atomic E-state index is 0.176. The maximum absolute atomic E-state index is 11.1. The zero-order valence-corrected chi connectivity index (χ0v) is 10.9. The molecule has 3 N–H and O–H groups in total. The van der Waals surface area contributed by atoms with Crippen LogP contribution in [0.25, 0.3) is 0 Å². The lowest BCUT2D eigenvalue weighted by molar-refractivity contribution is -0.143. The fraction of sp³-hybridized carbons (Fsp3) is 0.833. The summed E-state index contributed by atoms with van der Waals surface area (Å²) in [6.07, 6.45) is 2.23. The van der Waals surface area contributed by atoms with Crippen LogP contribution in [0.5, 0.6) is 0 Å². The van der Waals surface area contributed by atoms with E-state index in [4.69, 9.17) is 15.6 Å². The molecule has 5 heteroatoms. The predicted octanol–water partition coefficient (Wildman–Crippen LogP) is 1.55. The third-order valence-corrected chi connectivity index (χ3v) is 2.63. The van der Waals surface area contributed by atoms with Gasteiger partial charge in [0.1, 0.15) is 6.04 Å². The van der Waals surface area contributed by atoms with Crippen molar-refractivity contribution in [2.75, 3.05) is 6.61 Å². The summed E-state index contributed by atoms with van der Waals surface area (Å²) in [5, 5.41) is 8.73. The quantitative estimate of drug-likeness (QED) is 0.633. The van der Waals surface area contributed by atoms with Crippen LogP contribution in [-0.4, -0.2) is 29.7 Å².